The fourth-order valence-corrected chi connectivity index (χ4v) is 1.81. The van der Waals surface area contributed by atoms with Gasteiger partial charge in [-0.15, -0.1) is 0 Å². The summed E-state index contributed by atoms with van der Waals surface area (Å²) < 4.78 is 40.8. The average molecular weight is 345 g/mol. The van der Waals surface area contributed by atoms with Gasteiger partial charge in [0.15, 0.2) is 5.78 Å². The van der Waals surface area contributed by atoms with Crippen molar-refractivity contribution in [1.29, 1.82) is 0 Å². The van der Waals surface area contributed by atoms with Gasteiger partial charge >= 0.3 is 12.1 Å². The molecule has 0 atom stereocenters. The van der Waals surface area contributed by atoms with E-state index in [1.54, 1.807) is 36.4 Å². The zero-order valence-electron chi connectivity index (χ0n) is 13.0. The number of hydrogen-bond acceptors (Lipinski definition) is 3. The van der Waals surface area contributed by atoms with Crippen molar-refractivity contribution in [3.8, 4) is 5.75 Å². The highest BCUT2D eigenvalue weighted by Gasteiger charge is 2.07. The Morgan fingerprint density at radius 2 is 1.32 bits per heavy atom. The molecule has 2 aromatic rings. The van der Waals surface area contributed by atoms with Gasteiger partial charge in [0.25, 0.3) is 0 Å². The third-order valence-corrected chi connectivity index (χ3v) is 3.05. The normalized spacial score (nSPS) is 11.0. The molecule has 6 heteroatoms. The quantitative estimate of drug-likeness (QED) is 0.456. The van der Waals surface area contributed by atoms with Gasteiger partial charge in [-0.05, 0) is 47.5 Å². The smallest absolute Gasteiger partial charge is 0.344 e. The minimum Gasteiger partial charge on any atom is -0.428 e. The Kier molecular flexibility index (Phi) is 6.17. The molecule has 0 fully saturated rings. The maximum atomic E-state index is 12.6. The molecule has 0 heterocycles. The number of nitrogen functional groups attached to an aromatic ring is 1. The maximum Gasteiger partial charge on any atom is 0.344 e. The summed E-state index contributed by atoms with van der Waals surface area (Å²) in [5.41, 5.74) is 7.69. The molecule has 128 valence electrons. The fourth-order valence-electron chi connectivity index (χ4n) is 1.81. The summed E-state index contributed by atoms with van der Waals surface area (Å²) in [7, 11) is 0. The van der Waals surface area contributed by atoms with Crippen LogP contribution in [0.1, 0.15) is 11.1 Å². The summed E-state index contributed by atoms with van der Waals surface area (Å²) in [6, 6.07) is 10.7. The Bertz CT molecular complexity index is 819. The molecule has 2 aromatic carbocycles. The first-order chi connectivity index (χ1) is 11.9. The van der Waals surface area contributed by atoms with Crippen molar-refractivity contribution in [3.63, 3.8) is 0 Å². The molecule has 2 N–H and O–H groups in total. The predicted molar refractivity (Wildman–Crippen MR) is 91.3 cm³/mol. The maximum absolute atomic E-state index is 12.6. The largest absolute Gasteiger partial charge is 0.428 e. The first kappa shape index (κ1) is 18.1. The van der Waals surface area contributed by atoms with Gasteiger partial charge in [-0.25, -0.2) is 0 Å². The number of carbonyl (C=O) groups is 1. The molecule has 0 aliphatic heterocycles. The molecular weight excluding hydrogens is 331 g/mol. The number of hydrogen-bond donors (Lipinski definition) is 1. The zero-order valence-corrected chi connectivity index (χ0v) is 13.0. The topological polar surface area (TPSA) is 52.3 Å². The number of benzene rings is 2. The van der Waals surface area contributed by atoms with Crippen LogP contribution in [0.2, 0.25) is 0 Å². The molecule has 0 radical (unpaired) electrons. The molecule has 0 bridgehead atoms. The molecule has 0 unspecified atom stereocenters. The number of rotatable bonds is 6. The van der Waals surface area contributed by atoms with Gasteiger partial charge in [-0.1, -0.05) is 36.4 Å². The van der Waals surface area contributed by atoms with E-state index in [-0.39, 0.29) is 11.5 Å². The third-order valence-electron chi connectivity index (χ3n) is 3.05. The summed E-state index contributed by atoms with van der Waals surface area (Å²) in [5.74, 6) is -0.303. The molecule has 0 saturated heterocycles. The Labute approximate surface area is 142 Å². The van der Waals surface area contributed by atoms with Crippen LogP contribution in [0, 0.1) is 0 Å². The molecule has 2 rings (SSSR count). The van der Waals surface area contributed by atoms with Crippen molar-refractivity contribution < 1.29 is 22.7 Å². The number of ether oxygens (including phenoxy) is 1. The highest BCUT2D eigenvalue weighted by atomic mass is 19.3. The van der Waals surface area contributed by atoms with E-state index in [4.69, 9.17) is 5.73 Å². The first-order valence-corrected chi connectivity index (χ1v) is 7.18. The van der Waals surface area contributed by atoms with Crippen LogP contribution in [0.5, 0.6) is 5.75 Å². The molecule has 0 aliphatic rings. The van der Waals surface area contributed by atoms with Crippen LogP contribution in [0.25, 0.3) is 12.2 Å². The van der Waals surface area contributed by atoms with Gasteiger partial charge in [0.1, 0.15) is 5.75 Å². The van der Waals surface area contributed by atoms with Crippen LogP contribution in [0.3, 0.4) is 0 Å². The third kappa shape index (κ3) is 6.02. The summed E-state index contributed by atoms with van der Waals surface area (Å²) in [4.78, 5) is 11.8. The SMILES string of the molecule is Nc1ccc(/C=C/C(=O)/C=C/c2ccc(OC(F)=C(F)F)cc2)cc1. The van der Waals surface area contributed by atoms with Crippen LogP contribution in [0.4, 0.5) is 18.9 Å². The molecular formula is C19H14F3NO2. The lowest BCUT2D eigenvalue weighted by molar-refractivity contribution is -0.110. The Morgan fingerprint density at radius 1 is 0.840 bits per heavy atom. The van der Waals surface area contributed by atoms with Gasteiger partial charge in [-0.3, -0.25) is 4.79 Å². The van der Waals surface area contributed by atoms with E-state index in [0.29, 0.717) is 11.3 Å². The second-order valence-electron chi connectivity index (χ2n) is 4.94. The lowest BCUT2D eigenvalue weighted by atomic mass is 10.1. The summed E-state index contributed by atoms with van der Waals surface area (Å²) in [5, 5.41) is 0. The number of allylic oxidation sites excluding steroid dienone is 2. The fraction of sp³-hybridized carbons (Fsp3) is 0. The van der Waals surface area contributed by atoms with Crippen molar-refractivity contribution in [2.45, 2.75) is 0 Å². The minimum absolute atomic E-state index is 0.0722. The van der Waals surface area contributed by atoms with E-state index in [1.807, 2.05) is 0 Å². The lowest BCUT2D eigenvalue weighted by Gasteiger charge is -2.01. The van der Waals surface area contributed by atoms with Gasteiger partial charge < -0.3 is 10.5 Å². The summed E-state index contributed by atoms with van der Waals surface area (Å²) in [6.45, 7) is 0. The van der Waals surface area contributed by atoms with Crippen LogP contribution < -0.4 is 10.5 Å². The van der Waals surface area contributed by atoms with Gasteiger partial charge in [0.2, 0.25) is 0 Å². The van der Waals surface area contributed by atoms with Crippen molar-refractivity contribution in [2.24, 2.45) is 0 Å². The van der Waals surface area contributed by atoms with Crippen molar-refractivity contribution >= 4 is 23.6 Å². The van der Waals surface area contributed by atoms with E-state index in [9.17, 15) is 18.0 Å². The van der Waals surface area contributed by atoms with Gasteiger partial charge in [0.05, 0.1) is 0 Å². The molecule has 0 aromatic heterocycles. The zero-order chi connectivity index (χ0) is 18.2. The monoisotopic (exact) mass is 345 g/mol. The second kappa shape index (κ2) is 8.54. The van der Waals surface area contributed by atoms with E-state index >= 15 is 0 Å². The standard InChI is InChI=1S/C19H14F3NO2/c20-18(21)19(22)25-17-11-5-14(6-12-17)4-10-16(24)9-3-13-1-7-15(23)8-2-13/h1-12H,23H2/b9-3+,10-4+. The molecule has 0 spiro atoms. The Balaban J connectivity index is 1.95. The highest BCUT2D eigenvalue weighted by Crippen LogP contribution is 2.19. The molecule has 0 amide bonds. The molecule has 3 nitrogen and oxygen atoms in total. The summed E-state index contributed by atoms with van der Waals surface area (Å²) >= 11 is 0. The second-order valence-corrected chi connectivity index (χ2v) is 4.94. The Morgan fingerprint density at radius 3 is 1.80 bits per heavy atom. The number of anilines is 1. The Hall–Kier alpha value is -3.28. The van der Waals surface area contributed by atoms with E-state index in [2.05, 4.69) is 4.74 Å². The van der Waals surface area contributed by atoms with E-state index in [1.165, 1.54) is 36.4 Å². The van der Waals surface area contributed by atoms with Crippen molar-refractivity contribution in [2.75, 3.05) is 5.73 Å². The van der Waals surface area contributed by atoms with Crippen LogP contribution in [-0.4, -0.2) is 5.78 Å². The number of halogens is 3. The first-order valence-electron chi connectivity index (χ1n) is 7.18. The number of ketones is 1. The predicted octanol–water partition coefficient (Wildman–Crippen LogP) is 4.98. The van der Waals surface area contributed by atoms with Crippen molar-refractivity contribution in [3.05, 3.63) is 83.9 Å². The van der Waals surface area contributed by atoms with Gasteiger partial charge in [-0.2, -0.15) is 13.2 Å². The van der Waals surface area contributed by atoms with Crippen LogP contribution >= 0.6 is 0 Å². The van der Waals surface area contributed by atoms with Crippen LogP contribution in [-0.2, 0) is 4.79 Å². The number of carbonyl (C=O) groups excluding carboxylic acids is 1. The average Bonchev–Trinajstić information content (AvgIpc) is 2.60. The number of nitrogens with two attached hydrogens (primary N) is 1. The molecule has 0 saturated carbocycles. The van der Waals surface area contributed by atoms with Gasteiger partial charge in [0, 0.05) is 5.69 Å². The lowest BCUT2D eigenvalue weighted by Crippen LogP contribution is -1.90. The van der Waals surface area contributed by atoms with E-state index < -0.39 is 12.1 Å². The van der Waals surface area contributed by atoms with Crippen LogP contribution in [0.15, 0.2) is 72.8 Å². The summed E-state index contributed by atoms with van der Waals surface area (Å²) in [6.07, 6.45) is 3.43. The molecule has 0 aliphatic carbocycles. The highest BCUT2D eigenvalue weighted by molar-refractivity contribution is 6.04. The minimum atomic E-state index is -2.53. The van der Waals surface area contributed by atoms with Crippen molar-refractivity contribution in [1.82, 2.24) is 0 Å². The molecule has 25 heavy (non-hydrogen) atoms. The van der Waals surface area contributed by atoms with E-state index in [0.717, 1.165) is 5.56 Å².